The number of hydrogen-bond donors (Lipinski definition) is 2. The third kappa shape index (κ3) is 3.24. The van der Waals surface area contributed by atoms with Crippen molar-refractivity contribution in [3.63, 3.8) is 0 Å². The van der Waals surface area contributed by atoms with Crippen molar-refractivity contribution < 1.29 is 13.2 Å². The number of sulfonamides is 1. The number of amides is 1. The molecule has 7 heteroatoms. The predicted octanol–water partition coefficient (Wildman–Crippen LogP) is 0.514. The molecule has 1 aliphatic heterocycles. The molecule has 6 nitrogen and oxygen atoms in total. The summed E-state index contributed by atoms with van der Waals surface area (Å²) >= 11 is 0. The monoisotopic (exact) mass is 283 g/mol. The van der Waals surface area contributed by atoms with Crippen LogP contribution >= 0.6 is 0 Å². The standard InChI is InChI=1S/C12H17N3O3S/c13-7-6-12(16)14-10-2-4-11(5-3-10)15-8-1-9-19(15,17)18/h2-5H,1,6-9,13H2,(H,14,16). The van der Waals surface area contributed by atoms with Crippen LogP contribution < -0.4 is 15.4 Å². The first-order valence-corrected chi connectivity index (χ1v) is 7.74. The Morgan fingerprint density at radius 1 is 1.32 bits per heavy atom. The van der Waals surface area contributed by atoms with Crippen molar-refractivity contribution in [2.45, 2.75) is 12.8 Å². The Morgan fingerprint density at radius 2 is 2.00 bits per heavy atom. The molecular weight excluding hydrogens is 266 g/mol. The molecule has 19 heavy (non-hydrogen) atoms. The quantitative estimate of drug-likeness (QED) is 0.842. The molecule has 0 spiro atoms. The molecule has 1 aliphatic rings. The highest BCUT2D eigenvalue weighted by molar-refractivity contribution is 7.93. The van der Waals surface area contributed by atoms with Crippen molar-refractivity contribution in [2.75, 3.05) is 28.5 Å². The smallest absolute Gasteiger partial charge is 0.235 e. The first-order valence-electron chi connectivity index (χ1n) is 6.13. The number of nitrogens with zero attached hydrogens (tertiary/aromatic N) is 1. The Labute approximate surface area is 112 Å². The molecule has 0 aliphatic carbocycles. The summed E-state index contributed by atoms with van der Waals surface area (Å²) in [5.74, 6) is 0.0474. The number of anilines is 2. The van der Waals surface area contributed by atoms with Gasteiger partial charge in [0.15, 0.2) is 0 Å². The summed E-state index contributed by atoms with van der Waals surface area (Å²) in [7, 11) is -3.16. The second-order valence-corrected chi connectivity index (χ2v) is 6.39. The van der Waals surface area contributed by atoms with E-state index in [0.717, 1.165) is 0 Å². The van der Waals surface area contributed by atoms with Crippen LogP contribution in [0.15, 0.2) is 24.3 Å². The SMILES string of the molecule is NCCC(=O)Nc1ccc(N2CCCS2(=O)=O)cc1. The molecule has 1 heterocycles. The van der Waals surface area contributed by atoms with E-state index in [1.54, 1.807) is 24.3 Å². The maximum atomic E-state index is 11.8. The molecular formula is C12H17N3O3S. The average molecular weight is 283 g/mol. The summed E-state index contributed by atoms with van der Waals surface area (Å²) in [6, 6.07) is 6.77. The van der Waals surface area contributed by atoms with Crippen LogP contribution in [0.5, 0.6) is 0 Å². The van der Waals surface area contributed by atoms with E-state index in [2.05, 4.69) is 5.32 Å². The normalized spacial score (nSPS) is 17.4. The summed E-state index contributed by atoms with van der Waals surface area (Å²) < 4.78 is 24.9. The van der Waals surface area contributed by atoms with Crippen LogP contribution in [0.1, 0.15) is 12.8 Å². The first kappa shape index (κ1) is 13.8. The van der Waals surface area contributed by atoms with Gasteiger partial charge in [-0.15, -0.1) is 0 Å². The van der Waals surface area contributed by atoms with Crippen LogP contribution in [0.25, 0.3) is 0 Å². The lowest BCUT2D eigenvalue weighted by Gasteiger charge is -2.17. The highest BCUT2D eigenvalue weighted by Gasteiger charge is 2.28. The summed E-state index contributed by atoms with van der Waals surface area (Å²) in [5.41, 5.74) is 6.56. The summed E-state index contributed by atoms with van der Waals surface area (Å²) in [4.78, 5) is 11.4. The molecule has 0 unspecified atom stereocenters. The fourth-order valence-electron chi connectivity index (χ4n) is 2.00. The van der Waals surface area contributed by atoms with Crippen molar-refractivity contribution >= 4 is 27.3 Å². The minimum Gasteiger partial charge on any atom is -0.330 e. The molecule has 1 amide bonds. The number of carbonyl (C=O) groups excluding carboxylic acids is 1. The fraction of sp³-hybridized carbons (Fsp3) is 0.417. The summed E-state index contributed by atoms with van der Waals surface area (Å²) in [6.45, 7) is 0.817. The van der Waals surface area contributed by atoms with Crippen LogP contribution in [-0.2, 0) is 14.8 Å². The van der Waals surface area contributed by atoms with E-state index in [4.69, 9.17) is 5.73 Å². The number of hydrogen-bond acceptors (Lipinski definition) is 4. The molecule has 0 aromatic heterocycles. The molecule has 0 saturated carbocycles. The Hall–Kier alpha value is -1.60. The van der Waals surface area contributed by atoms with Gasteiger partial charge in [-0.2, -0.15) is 0 Å². The molecule has 3 N–H and O–H groups in total. The Balaban J connectivity index is 2.09. The van der Waals surface area contributed by atoms with Gasteiger partial charge in [-0.3, -0.25) is 9.10 Å². The molecule has 0 radical (unpaired) electrons. The molecule has 1 aromatic carbocycles. The van der Waals surface area contributed by atoms with Crippen molar-refractivity contribution in [3.8, 4) is 0 Å². The van der Waals surface area contributed by atoms with Gasteiger partial charge in [0.2, 0.25) is 15.9 Å². The Kier molecular flexibility index (Phi) is 4.06. The maximum absolute atomic E-state index is 11.8. The van der Waals surface area contributed by atoms with Crippen LogP contribution in [0.2, 0.25) is 0 Å². The van der Waals surface area contributed by atoms with Crippen LogP contribution in [0.4, 0.5) is 11.4 Å². The number of benzene rings is 1. The van der Waals surface area contributed by atoms with E-state index in [1.807, 2.05) is 0 Å². The second kappa shape index (κ2) is 5.58. The van der Waals surface area contributed by atoms with Gasteiger partial charge in [0.05, 0.1) is 11.4 Å². The highest BCUT2D eigenvalue weighted by Crippen LogP contribution is 2.25. The topological polar surface area (TPSA) is 92.5 Å². The lowest BCUT2D eigenvalue weighted by Crippen LogP contribution is -2.25. The number of nitrogens with two attached hydrogens (primary N) is 1. The first-order chi connectivity index (χ1) is 9.03. The third-order valence-electron chi connectivity index (χ3n) is 2.91. The minimum absolute atomic E-state index is 0.149. The van der Waals surface area contributed by atoms with Crippen molar-refractivity contribution in [3.05, 3.63) is 24.3 Å². The van der Waals surface area contributed by atoms with Crippen molar-refractivity contribution in [1.82, 2.24) is 0 Å². The van der Waals surface area contributed by atoms with Gasteiger partial charge in [-0.05, 0) is 30.7 Å². The summed E-state index contributed by atoms with van der Waals surface area (Å²) in [5, 5.41) is 2.69. The van der Waals surface area contributed by atoms with Crippen LogP contribution in [0, 0.1) is 0 Å². The van der Waals surface area contributed by atoms with Gasteiger partial charge >= 0.3 is 0 Å². The number of carbonyl (C=O) groups is 1. The molecule has 2 rings (SSSR count). The van der Waals surface area contributed by atoms with Gasteiger partial charge < -0.3 is 11.1 Å². The molecule has 0 atom stereocenters. The predicted molar refractivity (Wildman–Crippen MR) is 74.5 cm³/mol. The number of rotatable bonds is 4. The van der Waals surface area contributed by atoms with Gasteiger partial charge in [-0.1, -0.05) is 0 Å². The molecule has 0 bridgehead atoms. The van der Waals surface area contributed by atoms with Gasteiger partial charge in [0.1, 0.15) is 0 Å². The molecule has 1 fully saturated rings. The lowest BCUT2D eigenvalue weighted by atomic mass is 10.2. The van der Waals surface area contributed by atoms with E-state index >= 15 is 0 Å². The third-order valence-corrected chi connectivity index (χ3v) is 4.78. The van der Waals surface area contributed by atoms with E-state index in [9.17, 15) is 13.2 Å². The second-order valence-electron chi connectivity index (χ2n) is 4.38. The zero-order valence-electron chi connectivity index (χ0n) is 10.5. The van der Waals surface area contributed by atoms with E-state index in [1.165, 1.54) is 4.31 Å². The van der Waals surface area contributed by atoms with Gasteiger partial charge in [0.25, 0.3) is 0 Å². The van der Waals surface area contributed by atoms with Crippen LogP contribution in [-0.4, -0.2) is 33.2 Å². The van der Waals surface area contributed by atoms with Crippen molar-refractivity contribution in [2.24, 2.45) is 5.73 Å². The zero-order valence-corrected chi connectivity index (χ0v) is 11.3. The Morgan fingerprint density at radius 3 is 2.53 bits per heavy atom. The molecule has 1 aromatic rings. The highest BCUT2D eigenvalue weighted by atomic mass is 32.2. The van der Waals surface area contributed by atoms with E-state index in [0.29, 0.717) is 30.9 Å². The van der Waals surface area contributed by atoms with Crippen molar-refractivity contribution in [1.29, 1.82) is 0 Å². The lowest BCUT2D eigenvalue weighted by molar-refractivity contribution is -0.116. The molecule has 104 valence electrons. The largest absolute Gasteiger partial charge is 0.330 e. The van der Waals surface area contributed by atoms with E-state index < -0.39 is 10.0 Å². The number of nitrogens with one attached hydrogen (secondary N) is 1. The van der Waals surface area contributed by atoms with Gasteiger partial charge in [0, 0.05) is 25.2 Å². The van der Waals surface area contributed by atoms with E-state index in [-0.39, 0.29) is 18.1 Å². The zero-order chi connectivity index (χ0) is 13.9. The van der Waals surface area contributed by atoms with Gasteiger partial charge in [-0.25, -0.2) is 8.42 Å². The van der Waals surface area contributed by atoms with Crippen LogP contribution in [0.3, 0.4) is 0 Å². The maximum Gasteiger partial charge on any atom is 0.235 e. The molecule has 1 saturated heterocycles. The Bertz CT molecular complexity index is 554. The fourth-order valence-corrected chi connectivity index (χ4v) is 3.56. The average Bonchev–Trinajstić information content (AvgIpc) is 2.70. The minimum atomic E-state index is -3.16. The summed E-state index contributed by atoms with van der Waals surface area (Å²) in [6.07, 6.45) is 0.916.